The van der Waals surface area contributed by atoms with E-state index >= 15 is 0 Å². The first kappa shape index (κ1) is 11.9. The summed E-state index contributed by atoms with van der Waals surface area (Å²) in [5, 5.41) is 6.06. The van der Waals surface area contributed by atoms with Crippen LogP contribution in [0.3, 0.4) is 0 Å². The summed E-state index contributed by atoms with van der Waals surface area (Å²) in [6.07, 6.45) is 0.430. The Morgan fingerprint density at radius 3 is 2.94 bits per heavy atom. The summed E-state index contributed by atoms with van der Waals surface area (Å²) in [5.41, 5.74) is 0. The summed E-state index contributed by atoms with van der Waals surface area (Å²) in [7, 11) is -1.60. The highest BCUT2D eigenvalue weighted by Gasteiger charge is 2.29. The molecule has 1 aromatic rings. The van der Waals surface area contributed by atoms with Crippen molar-refractivity contribution in [2.45, 2.75) is 12.5 Å². The van der Waals surface area contributed by atoms with Crippen molar-refractivity contribution in [2.75, 3.05) is 18.6 Å². The van der Waals surface area contributed by atoms with Crippen molar-refractivity contribution < 1.29 is 22.5 Å². The fraction of sp³-hybridized carbons (Fsp3) is 0.556. The van der Waals surface area contributed by atoms with Gasteiger partial charge >= 0.3 is 0 Å². The fourth-order valence-electron chi connectivity index (χ4n) is 1.63. The van der Waals surface area contributed by atoms with Gasteiger partial charge in [-0.1, -0.05) is 0 Å². The van der Waals surface area contributed by atoms with Crippen LogP contribution in [0.2, 0.25) is 0 Å². The van der Waals surface area contributed by atoms with Crippen LogP contribution in [-0.4, -0.2) is 44.1 Å². The van der Waals surface area contributed by atoms with Crippen LogP contribution < -0.4 is 10.1 Å². The highest BCUT2D eigenvalue weighted by Crippen LogP contribution is 2.14. The molecular formula is C9H12N2O5S. The number of hydrogen-bond acceptors (Lipinski definition) is 6. The number of carbonyl (C=O) groups excluding carboxylic acids is 1. The van der Waals surface area contributed by atoms with E-state index in [0.29, 0.717) is 6.42 Å². The molecule has 0 saturated carbocycles. The van der Waals surface area contributed by atoms with E-state index in [2.05, 4.69) is 10.5 Å². The van der Waals surface area contributed by atoms with E-state index in [-0.39, 0.29) is 29.2 Å². The van der Waals surface area contributed by atoms with Gasteiger partial charge in [0, 0.05) is 6.04 Å². The van der Waals surface area contributed by atoms with E-state index in [1.165, 1.54) is 13.2 Å². The molecule has 94 valence electrons. The van der Waals surface area contributed by atoms with Crippen molar-refractivity contribution in [2.24, 2.45) is 0 Å². The Bertz CT molecular complexity index is 521. The lowest BCUT2D eigenvalue weighted by Gasteiger charge is -2.07. The van der Waals surface area contributed by atoms with E-state index in [0.717, 1.165) is 0 Å². The van der Waals surface area contributed by atoms with Crippen molar-refractivity contribution in [3.8, 4) is 5.88 Å². The van der Waals surface area contributed by atoms with Gasteiger partial charge in [-0.15, -0.1) is 0 Å². The number of nitrogens with one attached hydrogen (secondary N) is 1. The highest BCUT2D eigenvalue weighted by molar-refractivity contribution is 7.91. The molecule has 1 N–H and O–H groups in total. The van der Waals surface area contributed by atoms with Crippen molar-refractivity contribution in [3.05, 3.63) is 11.8 Å². The van der Waals surface area contributed by atoms with Gasteiger partial charge in [0.1, 0.15) is 0 Å². The number of methoxy groups -OCH3 is 1. The maximum Gasteiger partial charge on any atom is 0.290 e. The second-order valence-electron chi connectivity index (χ2n) is 3.81. The van der Waals surface area contributed by atoms with Gasteiger partial charge in [0.2, 0.25) is 5.76 Å². The van der Waals surface area contributed by atoms with Crippen molar-refractivity contribution >= 4 is 15.7 Å². The van der Waals surface area contributed by atoms with Gasteiger partial charge in [0.05, 0.1) is 24.7 Å². The number of amides is 1. The van der Waals surface area contributed by atoms with Crippen LogP contribution in [0.1, 0.15) is 17.0 Å². The molecule has 1 fully saturated rings. The van der Waals surface area contributed by atoms with Crippen LogP contribution >= 0.6 is 0 Å². The third-order valence-electron chi connectivity index (χ3n) is 2.49. The molecule has 1 aliphatic heterocycles. The van der Waals surface area contributed by atoms with E-state index in [1.807, 2.05) is 0 Å². The largest absolute Gasteiger partial charge is 0.479 e. The molecule has 0 bridgehead atoms. The predicted octanol–water partition coefficient (Wildman–Crippen LogP) is -0.400. The minimum atomic E-state index is -3.01. The predicted molar refractivity (Wildman–Crippen MR) is 57.6 cm³/mol. The maximum absolute atomic E-state index is 11.6. The molecular weight excluding hydrogens is 248 g/mol. The Hall–Kier alpha value is -1.57. The Labute approximate surface area is 98.0 Å². The van der Waals surface area contributed by atoms with Gasteiger partial charge in [0.25, 0.3) is 11.8 Å². The third kappa shape index (κ3) is 2.76. The number of sulfone groups is 1. The van der Waals surface area contributed by atoms with Gasteiger partial charge < -0.3 is 14.6 Å². The SMILES string of the molecule is COc1cc(C(=O)NC2CCS(=O)(=O)C2)on1. The van der Waals surface area contributed by atoms with Crippen LogP contribution in [0.15, 0.2) is 10.6 Å². The Kier molecular flexibility index (Phi) is 3.05. The van der Waals surface area contributed by atoms with Gasteiger partial charge in [-0.2, -0.15) is 0 Å². The third-order valence-corrected chi connectivity index (χ3v) is 4.26. The number of carbonyl (C=O) groups is 1. The average Bonchev–Trinajstić information content (AvgIpc) is 2.85. The first-order valence-corrected chi connectivity index (χ1v) is 6.84. The van der Waals surface area contributed by atoms with Crippen LogP contribution in [0.5, 0.6) is 5.88 Å². The van der Waals surface area contributed by atoms with Crippen LogP contribution in [-0.2, 0) is 9.84 Å². The molecule has 0 radical (unpaired) electrons. The second kappa shape index (κ2) is 4.36. The number of rotatable bonds is 3. The zero-order chi connectivity index (χ0) is 12.5. The Morgan fingerprint density at radius 1 is 1.65 bits per heavy atom. The summed E-state index contributed by atoms with van der Waals surface area (Å²) in [4.78, 5) is 11.6. The van der Waals surface area contributed by atoms with Crippen LogP contribution in [0.25, 0.3) is 0 Å². The van der Waals surface area contributed by atoms with Crippen molar-refractivity contribution in [1.82, 2.24) is 10.5 Å². The molecule has 0 aliphatic carbocycles. The number of hydrogen-bond donors (Lipinski definition) is 1. The molecule has 17 heavy (non-hydrogen) atoms. The fourth-order valence-corrected chi connectivity index (χ4v) is 3.30. The molecule has 0 aromatic carbocycles. The molecule has 1 atom stereocenters. The standard InChI is InChI=1S/C9H12N2O5S/c1-15-8-4-7(16-11-8)9(12)10-6-2-3-17(13,14)5-6/h4,6H,2-3,5H2,1H3,(H,10,12). The molecule has 2 rings (SSSR count). The number of ether oxygens (including phenoxy) is 1. The van der Waals surface area contributed by atoms with Crippen molar-refractivity contribution in [1.29, 1.82) is 0 Å². The van der Waals surface area contributed by atoms with E-state index < -0.39 is 15.7 Å². The van der Waals surface area contributed by atoms with Gasteiger partial charge in [-0.05, 0) is 11.6 Å². The number of nitrogens with zero attached hydrogens (tertiary/aromatic N) is 1. The number of aromatic nitrogens is 1. The molecule has 8 heteroatoms. The average molecular weight is 260 g/mol. The van der Waals surface area contributed by atoms with E-state index in [9.17, 15) is 13.2 Å². The molecule has 1 amide bonds. The summed E-state index contributed by atoms with van der Waals surface area (Å²) in [5.74, 6) is -0.190. The van der Waals surface area contributed by atoms with Crippen LogP contribution in [0, 0.1) is 0 Å². The zero-order valence-corrected chi connectivity index (χ0v) is 9.99. The van der Waals surface area contributed by atoms with E-state index in [4.69, 9.17) is 9.26 Å². The van der Waals surface area contributed by atoms with Crippen LogP contribution in [0.4, 0.5) is 0 Å². The van der Waals surface area contributed by atoms with Crippen molar-refractivity contribution in [3.63, 3.8) is 0 Å². The molecule has 1 aromatic heterocycles. The molecule has 1 saturated heterocycles. The quantitative estimate of drug-likeness (QED) is 0.794. The topological polar surface area (TPSA) is 98.5 Å². The molecule has 0 spiro atoms. The molecule has 1 aliphatic rings. The normalized spacial score (nSPS) is 22.3. The molecule has 1 unspecified atom stereocenters. The van der Waals surface area contributed by atoms with Gasteiger partial charge in [0.15, 0.2) is 9.84 Å². The lowest BCUT2D eigenvalue weighted by atomic mass is 10.2. The lowest BCUT2D eigenvalue weighted by Crippen LogP contribution is -2.35. The summed E-state index contributed by atoms with van der Waals surface area (Å²) >= 11 is 0. The second-order valence-corrected chi connectivity index (χ2v) is 6.04. The van der Waals surface area contributed by atoms with E-state index in [1.54, 1.807) is 0 Å². The minimum Gasteiger partial charge on any atom is -0.479 e. The monoisotopic (exact) mass is 260 g/mol. The summed E-state index contributed by atoms with van der Waals surface area (Å²) in [6.45, 7) is 0. The van der Waals surface area contributed by atoms with Gasteiger partial charge in [-0.25, -0.2) is 8.42 Å². The maximum atomic E-state index is 11.6. The smallest absolute Gasteiger partial charge is 0.290 e. The Balaban J connectivity index is 1.98. The first-order chi connectivity index (χ1) is 8.00. The molecule has 7 nitrogen and oxygen atoms in total. The first-order valence-electron chi connectivity index (χ1n) is 5.02. The lowest BCUT2D eigenvalue weighted by molar-refractivity contribution is 0.0903. The summed E-state index contributed by atoms with van der Waals surface area (Å²) in [6, 6.07) is 0.988. The van der Waals surface area contributed by atoms with Gasteiger partial charge in [-0.3, -0.25) is 4.79 Å². The minimum absolute atomic E-state index is 0.00569. The Morgan fingerprint density at radius 2 is 2.41 bits per heavy atom. The summed E-state index contributed by atoms with van der Waals surface area (Å²) < 4.78 is 31.9. The highest BCUT2D eigenvalue weighted by atomic mass is 32.2. The zero-order valence-electron chi connectivity index (χ0n) is 9.17. The molecule has 2 heterocycles.